The molecule has 0 heterocycles. The van der Waals surface area contributed by atoms with Gasteiger partial charge < -0.3 is 9.84 Å². The SMILES string of the molecule is CCCCCCCCBr.CCCCCCCCOc1ccc(Br)cc1.Oc1ccc(Br)cc1. The van der Waals surface area contributed by atoms with E-state index in [0.717, 1.165) is 21.3 Å². The third kappa shape index (κ3) is 23.0. The monoisotopic (exact) mass is 648 g/mol. The molecule has 2 aromatic carbocycles. The molecular weight excluding hydrogens is 608 g/mol. The average Bonchev–Trinajstić information content (AvgIpc) is 2.82. The molecule has 0 saturated carbocycles. The van der Waals surface area contributed by atoms with Crippen LogP contribution in [0.3, 0.4) is 0 Å². The zero-order chi connectivity index (χ0) is 24.6. The van der Waals surface area contributed by atoms with E-state index in [-0.39, 0.29) is 0 Å². The summed E-state index contributed by atoms with van der Waals surface area (Å²) < 4.78 is 7.73. The van der Waals surface area contributed by atoms with Crippen molar-refractivity contribution in [2.75, 3.05) is 11.9 Å². The number of phenolic OH excluding ortho intramolecular Hbond substituents is 1. The first-order chi connectivity index (χ1) is 16.0. The number of rotatable bonds is 14. The van der Waals surface area contributed by atoms with E-state index in [9.17, 15) is 0 Å². The van der Waals surface area contributed by atoms with Crippen molar-refractivity contribution in [3.8, 4) is 11.5 Å². The first-order valence-electron chi connectivity index (χ1n) is 12.4. The van der Waals surface area contributed by atoms with Crippen LogP contribution in [-0.2, 0) is 0 Å². The molecule has 2 rings (SSSR count). The molecule has 0 radical (unpaired) electrons. The quantitative estimate of drug-likeness (QED) is 0.163. The molecule has 0 aliphatic rings. The minimum absolute atomic E-state index is 0.299. The van der Waals surface area contributed by atoms with Gasteiger partial charge >= 0.3 is 0 Å². The predicted molar refractivity (Wildman–Crippen MR) is 156 cm³/mol. The lowest BCUT2D eigenvalue weighted by Crippen LogP contribution is -1.96. The Balaban J connectivity index is 0.000000510. The molecule has 0 bridgehead atoms. The number of phenols is 1. The van der Waals surface area contributed by atoms with Crippen LogP contribution in [0.5, 0.6) is 11.5 Å². The van der Waals surface area contributed by atoms with Gasteiger partial charge in [-0.3, -0.25) is 0 Å². The Labute approximate surface area is 228 Å². The molecule has 0 saturated heterocycles. The number of hydrogen-bond acceptors (Lipinski definition) is 2. The fraction of sp³-hybridized carbons (Fsp3) is 0.571. The summed E-state index contributed by atoms with van der Waals surface area (Å²) in [4.78, 5) is 0. The maximum Gasteiger partial charge on any atom is 0.119 e. The summed E-state index contributed by atoms with van der Waals surface area (Å²) in [5, 5.41) is 9.92. The van der Waals surface area contributed by atoms with Gasteiger partial charge in [0.2, 0.25) is 0 Å². The molecule has 0 aliphatic carbocycles. The van der Waals surface area contributed by atoms with E-state index in [2.05, 4.69) is 61.6 Å². The third-order valence-electron chi connectivity index (χ3n) is 4.89. The molecule has 0 atom stereocenters. The van der Waals surface area contributed by atoms with E-state index >= 15 is 0 Å². The summed E-state index contributed by atoms with van der Waals surface area (Å²) in [7, 11) is 0. The molecule has 0 aromatic heterocycles. The lowest BCUT2D eigenvalue weighted by Gasteiger charge is -2.05. The molecule has 0 aliphatic heterocycles. The molecule has 2 aromatic rings. The molecule has 0 unspecified atom stereocenters. The zero-order valence-electron chi connectivity index (χ0n) is 20.5. The summed E-state index contributed by atoms with van der Waals surface area (Å²) in [6, 6.07) is 14.9. The van der Waals surface area contributed by atoms with Crippen molar-refractivity contribution in [2.45, 2.75) is 90.9 Å². The summed E-state index contributed by atoms with van der Waals surface area (Å²) in [6.07, 6.45) is 16.3. The summed E-state index contributed by atoms with van der Waals surface area (Å²) >= 11 is 10.1. The minimum atomic E-state index is 0.299. The molecule has 0 amide bonds. The highest BCUT2D eigenvalue weighted by Gasteiger charge is 1.94. The number of ether oxygens (including phenoxy) is 1. The van der Waals surface area contributed by atoms with Crippen LogP contribution in [0, 0.1) is 0 Å². The van der Waals surface area contributed by atoms with Crippen LogP contribution in [0.25, 0.3) is 0 Å². The van der Waals surface area contributed by atoms with Crippen LogP contribution in [0.15, 0.2) is 57.5 Å². The topological polar surface area (TPSA) is 29.5 Å². The smallest absolute Gasteiger partial charge is 0.119 e. The fourth-order valence-corrected chi connectivity index (χ4v) is 3.84. The van der Waals surface area contributed by atoms with Crippen molar-refractivity contribution in [3.63, 3.8) is 0 Å². The standard InChI is InChI=1S/C14H21BrO.C8H17Br.C6H5BrO/c1-2-3-4-5-6-7-12-16-14-10-8-13(15)9-11-14;1-2-3-4-5-6-7-8-9;7-5-1-3-6(8)4-2-5/h8-11H,2-7,12H2,1H3;2-8H2,1H3;1-4,8H. The lowest BCUT2D eigenvalue weighted by atomic mass is 10.1. The molecule has 188 valence electrons. The lowest BCUT2D eigenvalue weighted by molar-refractivity contribution is 0.304. The minimum Gasteiger partial charge on any atom is -0.508 e. The second kappa shape index (κ2) is 24.6. The molecular formula is C28H43Br3O2. The number of halogens is 3. The molecule has 1 N–H and O–H groups in total. The Kier molecular flexibility index (Phi) is 24.2. The first-order valence-corrected chi connectivity index (χ1v) is 15.1. The van der Waals surface area contributed by atoms with Crippen LogP contribution in [0.4, 0.5) is 0 Å². The van der Waals surface area contributed by atoms with Gasteiger partial charge in [-0.1, -0.05) is 126 Å². The first kappa shape index (κ1) is 32.5. The van der Waals surface area contributed by atoms with Gasteiger partial charge in [-0.25, -0.2) is 0 Å². The fourth-order valence-electron chi connectivity index (χ4n) is 2.92. The Morgan fingerprint density at radius 1 is 0.606 bits per heavy atom. The van der Waals surface area contributed by atoms with Crippen LogP contribution in [0.1, 0.15) is 90.9 Å². The highest BCUT2D eigenvalue weighted by molar-refractivity contribution is 9.10. The van der Waals surface area contributed by atoms with Crippen molar-refractivity contribution in [1.82, 2.24) is 0 Å². The van der Waals surface area contributed by atoms with Crippen LogP contribution in [-0.4, -0.2) is 17.0 Å². The van der Waals surface area contributed by atoms with E-state index in [1.165, 1.54) is 82.4 Å². The van der Waals surface area contributed by atoms with E-state index in [1.807, 2.05) is 24.3 Å². The third-order valence-corrected chi connectivity index (χ3v) is 6.51. The number of aromatic hydroxyl groups is 1. The highest BCUT2D eigenvalue weighted by atomic mass is 79.9. The molecule has 5 heteroatoms. The summed E-state index contributed by atoms with van der Waals surface area (Å²) in [6.45, 7) is 5.34. The Morgan fingerprint density at radius 3 is 1.48 bits per heavy atom. The second-order valence-corrected chi connectivity index (χ2v) is 10.6. The number of alkyl halides is 1. The van der Waals surface area contributed by atoms with Gasteiger partial charge in [0.15, 0.2) is 0 Å². The van der Waals surface area contributed by atoms with Gasteiger partial charge in [0.05, 0.1) is 6.61 Å². The van der Waals surface area contributed by atoms with Crippen molar-refractivity contribution in [3.05, 3.63) is 57.5 Å². The largest absolute Gasteiger partial charge is 0.508 e. The van der Waals surface area contributed by atoms with Crippen LogP contribution in [0.2, 0.25) is 0 Å². The van der Waals surface area contributed by atoms with Gasteiger partial charge in [0.25, 0.3) is 0 Å². The van der Waals surface area contributed by atoms with Gasteiger partial charge in [-0.2, -0.15) is 0 Å². The van der Waals surface area contributed by atoms with Gasteiger partial charge in [-0.05, 0) is 61.4 Å². The molecule has 0 fully saturated rings. The second-order valence-electron chi connectivity index (χ2n) is 8.00. The molecule has 33 heavy (non-hydrogen) atoms. The predicted octanol–water partition coefficient (Wildman–Crippen LogP) is 11.1. The number of hydrogen-bond donors (Lipinski definition) is 1. The van der Waals surface area contributed by atoms with Crippen molar-refractivity contribution in [2.24, 2.45) is 0 Å². The summed E-state index contributed by atoms with van der Waals surface area (Å²) in [5.74, 6) is 1.27. The van der Waals surface area contributed by atoms with Crippen molar-refractivity contribution < 1.29 is 9.84 Å². The van der Waals surface area contributed by atoms with Crippen LogP contribution < -0.4 is 4.74 Å². The number of unbranched alkanes of at least 4 members (excludes halogenated alkanes) is 10. The van der Waals surface area contributed by atoms with Gasteiger partial charge in [-0.15, -0.1) is 0 Å². The van der Waals surface area contributed by atoms with Gasteiger partial charge in [0, 0.05) is 14.3 Å². The molecule has 0 spiro atoms. The van der Waals surface area contributed by atoms with Gasteiger partial charge in [0.1, 0.15) is 11.5 Å². The maximum absolute atomic E-state index is 8.74. The van der Waals surface area contributed by atoms with E-state index < -0.39 is 0 Å². The van der Waals surface area contributed by atoms with Crippen LogP contribution >= 0.6 is 47.8 Å². The van der Waals surface area contributed by atoms with E-state index in [0.29, 0.717) is 5.75 Å². The van der Waals surface area contributed by atoms with E-state index in [4.69, 9.17) is 9.84 Å². The maximum atomic E-state index is 8.74. The average molecular weight is 651 g/mol. The summed E-state index contributed by atoms with van der Waals surface area (Å²) in [5.41, 5.74) is 0. The Morgan fingerprint density at radius 2 is 1.03 bits per heavy atom. The Hall–Kier alpha value is -0.520. The normalized spacial score (nSPS) is 9.97. The number of benzene rings is 2. The van der Waals surface area contributed by atoms with E-state index in [1.54, 1.807) is 24.3 Å². The zero-order valence-corrected chi connectivity index (χ0v) is 25.3. The van der Waals surface area contributed by atoms with Crippen molar-refractivity contribution in [1.29, 1.82) is 0 Å². The Bertz CT molecular complexity index is 618. The molecule has 2 nitrogen and oxygen atoms in total. The van der Waals surface area contributed by atoms with Crippen molar-refractivity contribution >= 4 is 47.8 Å². The highest BCUT2D eigenvalue weighted by Crippen LogP contribution is 2.16.